The Balaban J connectivity index is 2.24. The molecule has 1 aromatic carbocycles. The number of methoxy groups -OCH3 is 1. The topological polar surface area (TPSA) is 56.1 Å². The van der Waals surface area contributed by atoms with Gasteiger partial charge in [-0.05, 0) is 19.1 Å². The number of para-hydroxylation sites is 1. The van der Waals surface area contributed by atoms with Crippen molar-refractivity contribution in [2.24, 2.45) is 7.05 Å². The summed E-state index contributed by atoms with van der Waals surface area (Å²) >= 11 is 0. The van der Waals surface area contributed by atoms with Crippen molar-refractivity contribution in [3.05, 3.63) is 48.0 Å². The lowest BCUT2D eigenvalue weighted by Crippen LogP contribution is -2.14. The number of aromatic nitrogens is 2. The van der Waals surface area contributed by atoms with Crippen LogP contribution in [0.15, 0.2) is 36.7 Å². The lowest BCUT2D eigenvalue weighted by molar-refractivity contribution is 0.0602. The summed E-state index contributed by atoms with van der Waals surface area (Å²) in [4.78, 5) is 16.0. The SMILES string of the molecule is COC(=O)c1ccccc1NC(C)c1nccn1C. The summed E-state index contributed by atoms with van der Waals surface area (Å²) in [7, 11) is 3.31. The number of benzene rings is 1. The summed E-state index contributed by atoms with van der Waals surface area (Å²) in [5, 5.41) is 3.28. The Morgan fingerprint density at radius 3 is 2.79 bits per heavy atom. The number of nitrogens with zero attached hydrogens (tertiary/aromatic N) is 2. The third-order valence-electron chi connectivity index (χ3n) is 2.95. The van der Waals surface area contributed by atoms with Crippen LogP contribution < -0.4 is 5.32 Å². The Morgan fingerprint density at radius 1 is 1.42 bits per heavy atom. The average Bonchev–Trinajstić information content (AvgIpc) is 2.85. The average molecular weight is 259 g/mol. The number of esters is 1. The van der Waals surface area contributed by atoms with Crippen LogP contribution in [0.4, 0.5) is 5.69 Å². The molecule has 5 nitrogen and oxygen atoms in total. The van der Waals surface area contributed by atoms with Gasteiger partial charge < -0.3 is 14.6 Å². The summed E-state index contributed by atoms with van der Waals surface area (Å²) in [6.45, 7) is 2.00. The lowest BCUT2D eigenvalue weighted by atomic mass is 10.1. The molecular weight excluding hydrogens is 242 g/mol. The summed E-state index contributed by atoms with van der Waals surface area (Å²) in [5.41, 5.74) is 1.26. The Kier molecular flexibility index (Phi) is 3.85. The van der Waals surface area contributed by atoms with Gasteiger partial charge in [0, 0.05) is 25.1 Å². The number of hydrogen-bond acceptors (Lipinski definition) is 4. The van der Waals surface area contributed by atoms with Crippen molar-refractivity contribution in [1.29, 1.82) is 0 Å². The van der Waals surface area contributed by atoms with Crippen molar-refractivity contribution < 1.29 is 9.53 Å². The van der Waals surface area contributed by atoms with E-state index >= 15 is 0 Å². The summed E-state index contributed by atoms with van der Waals surface area (Å²) < 4.78 is 6.72. The van der Waals surface area contributed by atoms with E-state index in [1.54, 1.807) is 12.3 Å². The third-order valence-corrected chi connectivity index (χ3v) is 2.95. The molecule has 0 aliphatic carbocycles. The van der Waals surface area contributed by atoms with Crippen LogP contribution in [0, 0.1) is 0 Å². The molecule has 2 aromatic rings. The van der Waals surface area contributed by atoms with Gasteiger partial charge in [-0.2, -0.15) is 0 Å². The molecule has 0 spiro atoms. The molecule has 1 aromatic heterocycles. The summed E-state index contributed by atoms with van der Waals surface area (Å²) in [6.07, 6.45) is 3.64. The molecule has 1 unspecified atom stereocenters. The van der Waals surface area contributed by atoms with Gasteiger partial charge >= 0.3 is 5.97 Å². The highest BCUT2D eigenvalue weighted by atomic mass is 16.5. The van der Waals surface area contributed by atoms with Crippen LogP contribution in [0.25, 0.3) is 0 Å². The van der Waals surface area contributed by atoms with Crippen LogP contribution in [0.2, 0.25) is 0 Å². The van der Waals surface area contributed by atoms with E-state index < -0.39 is 0 Å². The number of nitrogens with one attached hydrogen (secondary N) is 1. The monoisotopic (exact) mass is 259 g/mol. The molecule has 5 heteroatoms. The second-order valence-electron chi connectivity index (χ2n) is 4.30. The van der Waals surface area contributed by atoms with Crippen LogP contribution >= 0.6 is 0 Å². The van der Waals surface area contributed by atoms with E-state index in [1.807, 2.05) is 42.9 Å². The number of aryl methyl sites for hydroxylation is 1. The highest BCUT2D eigenvalue weighted by Crippen LogP contribution is 2.21. The molecule has 0 saturated carbocycles. The Bertz CT molecular complexity index is 578. The zero-order valence-electron chi connectivity index (χ0n) is 11.3. The molecule has 1 atom stereocenters. The maximum Gasteiger partial charge on any atom is 0.339 e. The summed E-state index contributed by atoms with van der Waals surface area (Å²) in [6, 6.07) is 7.26. The van der Waals surface area contributed by atoms with E-state index in [4.69, 9.17) is 4.74 Å². The molecular formula is C14H17N3O2. The molecule has 100 valence electrons. The standard InChI is InChI=1S/C14H17N3O2/c1-10(13-15-8-9-17(13)2)16-12-7-5-4-6-11(12)14(18)19-3/h4-10,16H,1-3H3. The van der Waals surface area contributed by atoms with Gasteiger partial charge in [-0.25, -0.2) is 9.78 Å². The highest BCUT2D eigenvalue weighted by molar-refractivity contribution is 5.95. The first-order valence-electron chi connectivity index (χ1n) is 6.04. The van der Waals surface area contributed by atoms with E-state index in [1.165, 1.54) is 7.11 Å². The summed E-state index contributed by atoms with van der Waals surface area (Å²) in [5.74, 6) is 0.551. The Labute approximate surface area is 112 Å². The minimum absolute atomic E-state index is 0.00851. The van der Waals surface area contributed by atoms with Gasteiger partial charge in [0.2, 0.25) is 0 Å². The minimum atomic E-state index is -0.352. The Hall–Kier alpha value is -2.30. The van der Waals surface area contributed by atoms with Gasteiger partial charge in [-0.15, -0.1) is 0 Å². The molecule has 0 saturated heterocycles. The molecule has 0 radical (unpaired) electrons. The smallest absolute Gasteiger partial charge is 0.339 e. The van der Waals surface area contributed by atoms with Crippen molar-refractivity contribution in [1.82, 2.24) is 9.55 Å². The molecule has 0 aliphatic heterocycles. The van der Waals surface area contributed by atoms with Crippen LogP contribution in [0.1, 0.15) is 29.1 Å². The minimum Gasteiger partial charge on any atom is -0.465 e. The fourth-order valence-corrected chi connectivity index (χ4v) is 1.99. The van der Waals surface area contributed by atoms with Crippen LogP contribution in [-0.2, 0) is 11.8 Å². The second-order valence-corrected chi connectivity index (χ2v) is 4.30. The predicted molar refractivity (Wildman–Crippen MR) is 73.0 cm³/mol. The maximum atomic E-state index is 11.7. The van der Waals surface area contributed by atoms with Gasteiger partial charge in [0.05, 0.1) is 18.7 Å². The van der Waals surface area contributed by atoms with Gasteiger partial charge in [0.1, 0.15) is 5.82 Å². The van der Waals surface area contributed by atoms with E-state index in [0.29, 0.717) is 5.56 Å². The van der Waals surface area contributed by atoms with Crippen molar-refractivity contribution in [3.8, 4) is 0 Å². The quantitative estimate of drug-likeness (QED) is 0.856. The molecule has 1 N–H and O–H groups in total. The van der Waals surface area contributed by atoms with E-state index in [9.17, 15) is 4.79 Å². The number of carbonyl (C=O) groups is 1. The van der Waals surface area contributed by atoms with E-state index in [0.717, 1.165) is 11.5 Å². The highest BCUT2D eigenvalue weighted by Gasteiger charge is 2.15. The molecule has 0 fully saturated rings. The lowest BCUT2D eigenvalue weighted by Gasteiger charge is -2.17. The van der Waals surface area contributed by atoms with Crippen molar-refractivity contribution in [2.45, 2.75) is 13.0 Å². The number of carbonyl (C=O) groups excluding carboxylic acids is 1. The fraction of sp³-hybridized carbons (Fsp3) is 0.286. The fourth-order valence-electron chi connectivity index (χ4n) is 1.99. The maximum absolute atomic E-state index is 11.7. The predicted octanol–water partition coefficient (Wildman–Crippen LogP) is 2.38. The number of rotatable bonds is 4. The molecule has 1 heterocycles. The third kappa shape index (κ3) is 2.76. The first-order valence-corrected chi connectivity index (χ1v) is 6.04. The van der Waals surface area contributed by atoms with Crippen LogP contribution in [0.5, 0.6) is 0 Å². The zero-order valence-corrected chi connectivity index (χ0v) is 11.3. The zero-order chi connectivity index (χ0) is 13.8. The number of anilines is 1. The number of ether oxygens (including phenoxy) is 1. The van der Waals surface area contributed by atoms with Crippen LogP contribution in [-0.4, -0.2) is 22.6 Å². The first kappa shape index (κ1) is 13.1. The van der Waals surface area contributed by atoms with Gasteiger partial charge in [0.15, 0.2) is 0 Å². The number of imidazole rings is 1. The molecule has 0 amide bonds. The molecule has 2 rings (SSSR count). The van der Waals surface area contributed by atoms with Gasteiger partial charge in [-0.1, -0.05) is 12.1 Å². The number of hydrogen-bond donors (Lipinski definition) is 1. The van der Waals surface area contributed by atoms with Gasteiger partial charge in [0.25, 0.3) is 0 Å². The molecule has 0 aliphatic rings. The van der Waals surface area contributed by atoms with Crippen molar-refractivity contribution in [2.75, 3.05) is 12.4 Å². The van der Waals surface area contributed by atoms with E-state index in [2.05, 4.69) is 10.3 Å². The first-order chi connectivity index (χ1) is 9.13. The van der Waals surface area contributed by atoms with Crippen molar-refractivity contribution in [3.63, 3.8) is 0 Å². The van der Waals surface area contributed by atoms with Gasteiger partial charge in [-0.3, -0.25) is 0 Å². The molecule has 0 bridgehead atoms. The largest absolute Gasteiger partial charge is 0.465 e. The second kappa shape index (κ2) is 5.56. The molecule has 19 heavy (non-hydrogen) atoms. The van der Waals surface area contributed by atoms with Crippen molar-refractivity contribution >= 4 is 11.7 Å². The Morgan fingerprint density at radius 2 is 2.16 bits per heavy atom. The van der Waals surface area contributed by atoms with E-state index in [-0.39, 0.29) is 12.0 Å². The normalized spacial score (nSPS) is 11.9. The van der Waals surface area contributed by atoms with Crippen LogP contribution in [0.3, 0.4) is 0 Å².